The predicted molar refractivity (Wildman–Crippen MR) is 310 cm³/mol. The standard InChI is InChI=1S/C59H72ClN9O8S2/c1-37-39(3)79-58-51(37)52(42-18-20-44(60)21-19-42)64-47(55-67-66-40(4)69(55)58)33-49(70)63-45-22-24-46(25-23-45)77-32-12-30-75-28-9-8-27-74-29-11-31-76-35-50(71)65-54(59(5,6)7)57(73)68-26-10-13-48(68)56(72)61-34-41-14-16-43(17-15-41)53-38(2)62-36-78-53/h14-25,36,47-48,54H,8-13,26-35H2,1-7H3,(H,61,72)(H,63,70)(H,65,71)/t47-,48-,54+/m0/s1. The number of anilines is 1. The van der Waals surface area contributed by atoms with Crippen molar-refractivity contribution in [1.82, 2.24) is 35.3 Å². The zero-order valence-corrected chi connectivity index (χ0v) is 48.6. The quantitative estimate of drug-likeness (QED) is 0.0437. The number of amides is 4. The maximum atomic E-state index is 13.9. The molecule has 0 spiro atoms. The number of fused-ring (bicyclic) bond motifs is 3. The summed E-state index contributed by atoms with van der Waals surface area (Å²) in [6.45, 7) is 17.5. The van der Waals surface area contributed by atoms with Crippen molar-refractivity contribution in [1.29, 1.82) is 0 Å². The second kappa shape index (κ2) is 27.7. The summed E-state index contributed by atoms with van der Waals surface area (Å²) in [7, 11) is 0. The molecule has 0 radical (unpaired) electrons. The highest BCUT2D eigenvalue weighted by atomic mass is 35.5. The van der Waals surface area contributed by atoms with Gasteiger partial charge in [-0.2, -0.15) is 0 Å². The molecule has 3 N–H and O–H groups in total. The minimum absolute atomic E-state index is 0.0671. The van der Waals surface area contributed by atoms with E-state index in [4.69, 9.17) is 35.5 Å². The Morgan fingerprint density at radius 1 is 0.797 bits per heavy atom. The van der Waals surface area contributed by atoms with Crippen molar-refractivity contribution < 1.29 is 38.1 Å². The average molecular weight is 1130 g/mol. The van der Waals surface area contributed by atoms with Crippen molar-refractivity contribution in [3.8, 4) is 21.2 Å². The fourth-order valence-corrected chi connectivity index (χ4v) is 11.7. The molecule has 2 aliphatic heterocycles. The second-order valence-corrected chi connectivity index (χ2v) is 23.5. The number of halogens is 1. The monoisotopic (exact) mass is 1130 g/mol. The number of hydrogen-bond donors (Lipinski definition) is 3. The Morgan fingerprint density at radius 3 is 2.15 bits per heavy atom. The predicted octanol–water partition coefficient (Wildman–Crippen LogP) is 10.1. The van der Waals surface area contributed by atoms with E-state index in [-0.39, 0.29) is 36.7 Å². The molecule has 420 valence electrons. The van der Waals surface area contributed by atoms with E-state index in [1.807, 2.05) is 117 Å². The molecule has 0 unspecified atom stereocenters. The Hall–Kier alpha value is -6.35. The maximum absolute atomic E-state index is 13.9. The van der Waals surface area contributed by atoms with Gasteiger partial charge >= 0.3 is 0 Å². The van der Waals surface area contributed by atoms with Crippen LogP contribution in [0, 0.1) is 33.1 Å². The zero-order valence-electron chi connectivity index (χ0n) is 46.2. The normalized spacial score (nSPS) is 15.4. The summed E-state index contributed by atoms with van der Waals surface area (Å²) >= 11 is 9.52. The number of nitrogens with one attached hydrogen (secondary N) is 3. The number of rotatable bonds is 26. The van der Waals surface area contributed by atoms with Gasteiger partial charge in [0.15, 0.2) is 5.82 Å². The molecule has 0 aliphatic carbocycles. The number of nitrogens with zero attached hydrogens (tertiary/aromatic N) is 6. The van der Waals surface area contributed by atoms with Crippen LogP contribution in [-0.4, -0.2) is 119 Å². The lowest BCUT2D eigenvalue weighted by atomic mass is 9.85. The summed E-state index contributed by atoms with van der Waals surface area (Å²) in [4.78, 5) is 67.4. The first kappa shape index (κ1) is 58.8. The molecule has 8 rings (SSSR count). The first-order chi connectivity index (χ1) is 38.0. The Balaban J connectivity index is 0.657. The highest BCUT2D eigenvalue weighted by Crippen LogP contribution is 2.40. The third-order valence-electron chi connectivity index (χ3n) is 13.9. The molecule has 4 amide bonds. The number of benzene rings is 3. The zero-order chi connectivity index (χ0) is 56.1. The lowest BCUT2D eigenvalue weighted by molar-refractivity contribution is -0.144. The van der Waals surface area contributed by atoms with Crippen molar-refractivity contribution >= 4 is 69.3 Å². The molecule has 3 aromatic carbocycles. The fourth-order valence-electron chi connectivity index (χ4n) is 9.53. The van der Waals surface area contributed by atoms with Crippen LogP contribution >= 0.6 is 34.3 Å². The number of aliphatic imine (C=N–C) groups is 1. The van der Waals surface area contributed by atoms with Crippen LogP contribution in [0.2, 0.25) is 5.02 Å². The van der Waals surface area contributed by atoms with Crippen LogP contribution in [0.15, 0.2) is 83.3 Å². The van der Waals surface area contributed by atoms with Gasteiger partial charge in [0.05, 0.1) is 34.8 Å². The number of aryl methyl sites for hydroxylation is 3. The molecular formula is C59H72ClN9O8S2. The number of thiophene rings is 1. The number of thiazole rings is 1. The molecule has 1 fully saturated rings. The van der Waals surface area contributed by atoms with Crippen LogP contribution in [0.3, 0.4) is 0 Å². The smallest absolute Gasteiger partial charge is 0.246 e. The topological polar surface area (TPSA) is 200 Å². The summed E-state index contributed by atoms with van der Waals surface area (Å²) in [6, 6.07) is 21.0. The van der Waals surface area contributed by atoms with Crippen LogP contribution in [0.1, 0.15) is 116 Å². The molecule has 5 heterocycles. The highest BCUT2D eigenvalue weighted by Gasteiger charge is 2.42. The van der Waals surface area contributed by atoms with Crippen molar-refractivity contribution in [2.24, 2.45) is 10.4 Å². The van der Waals surface area contributed by atoms with Gasteiger partial charge in [-0.3, -0.25) is 28.7 Å². The molecule has 6 aromatic rings. The minimum atomic E-state index is -0.827. The van der Waals surface area contributed by atoms with Gasteiger partial charge in [-0.05, 0) is 118 Å². The van der Waals surface area contributed by atoms with Gasteiger partial charge in [-0.25, -0.2) is 4.98 Å². The third-order valence-corrected chi connectivity index (χ3v) is 16.3. The van der Waals surface area contributed by atoms with Gasteiger partial charge in [-0.15, -0.1) is 32.9 Å². The fraction of sp³-hybridized carbons (Fsp3) is 0.458. The van der Waals surface area contributed by atoms with Crippen LogP contribution in [0.4, 0.5) is 5.69 Å². The number of hydrogen-bond acceptors (Lipinski definition) is 14. The van der Waals surface area contributed by atoms with E-state index in [2.05, 4.69) is 45.0 Å². The Kier molecular flexibility index (Phi) is 20.6. The Labute approximate surface area is 475 Å². The van der Waals surface area contributed by atoms with Crippen LogP contribution in [0.5, 0.6) is 5.75 Å². The Bertz CT molecular complexity index is 3060. The molecule has 3 atom stereocenters. The SMILES string of the molecule is Cc1ncsc1-c1ccc(CNC(=O)[C@@H]2CCCN2C(=O)[C@@H](NC(=O)COCCCOCCCCOCCCOc2ccc(NC(=O)C[C@@H]3N=C(c4ccc(Cl)cc4)c4c(sc(C)c4C)-n4c(C)nnc43)cc2)C(C)(C)C)cc1. The van der Waals surface area contributed by atoms with Crippen LogP contribution in [0.25, 0.3) is 15.4 Å². The maximum Gasteiger partial charge on any atom is 0.246 e. The van der Waals surface area contributed by atoms with Crippen LogP contribution in [-0.2, 0) is 39.9 Å². The molecule has 1 saturated heterocycles. The Morgan fingerprint density at radius 2 is 1.47 bits per heavy atom. The first-order valence-electron chi connectivity index (χ1n) is 27.0. The summed E-state index contributed by atoms with van der Waals surface area (Å²) in [5.74, 6) is 0.988. The number of carbonyl (C=O) groups excluding carboxylic acids is 4. The molecule has 2 aliphatic rings. The van der Waals surface area contributed by atoms with E-state index in [0.717, 1.165) is 74.2 Å². The summed E-state index contributed by atoms with van der Waals surface area (Å²) < 4.78 is 25.2. The molecule has 79 heavy (non-hydrogen) atoms. The molecular weight excluding hydrogens is 1060 g/mol. The molecule has 20 heteroatoms. The number of unbranched alkanes of at least 4 members (excludes halogenated alkanes) is 1. The number of carbonyl (C=O) groups is 4. The van der Waals surface area contributed by atoms with E-state index >= 15 is 0 Å². The van der Waals surface area contributed by atoms with E-state index in [9.17, 15) is 19.2 Å². The van der Waals surface area contributed by atoms with Gasteiger partial charge in [-0.1, -0.05) is 68.8 Å². The lowest BCUT2D eigenvalue weighted by Gasteiger charge is -2.35. The average Bonchev–Trinajstić information content (AvgIpc) is 4.44. The number of ether oxygens (including phenoxy) is 4. The third kappa shape index (κ3) is 15.5. The molecule has 17 nitrogen and oxygen atoms in total. The van der Waals surface area contributed by atoms with Crippen molar-refractivity contribution in [3.05, 3.63) is 128 Å². The van der Waals surface area contributed by atoms with E-state index in [1.165, 1.54) is 4.88 Å². The lowest BCUT2D eigenvalue weighted by Crippen LogP contribution is -2.58. The van der Waals surface area contributed by atoms with Crippen LogP contribution < -0.4 is 20.7 Å². The first-order valence-corrected chi connectivity index (χ1v) is 29.1. The molecule has 3 aromatic heterocycles. The van der Waals surface area contributed by atoms with Gasteiger partial charge in [0.1, 0.15) is 41.3 Å². The van der Waals surface area contributed by atoms with Crippen molar-refractivity contribution in [2.75, 3.05) is 58.1 Å². The minimum Gasteiger partial charge on any atom is -0.494 e. The van der Waals surface area contributed by atoms with Gasteiger partial charge in [0.25, 0.3) is 0 Å². The molecule has 0 saturated carbocycles. The number of likely N-dealkylation sites (tertiary alicyclic amines) is 1. The van der Waals surface area contributed by atoms with Crippen molar-refractivity contribution in [3.63, 3.8) is 0 Å². The van der Waals surface area contributed by atoms with Gasteiger partial charge in [0, 0.05) is 79.3 Å². The van der Waals surface area contributed by atoms with Gasteiger partial charge in [0.2, 0.25) is 23.6 Å². The number of aromatic nitrogens is 4. The largest absolute Gasteiger partial charge is 0.494 e. The van der Waals surface area contributed by atoms with Crippen molar-refractivity contribution in [2.45, 2.75) is 118 Å². The summed E-state index contributed by atoms with van der Waals surface area (Å²) in [5, 5.41) is 19.5. The molecule has 0 bridgehead atoms. The van der Waals surface area contributed by atoms with Gasteiger partial charge < -0.3 is 39.8 Å². The van der Waals surface area contributed by atoms with E-state index in [0.29, 0.717) is 94.3 Å². The summed E-state index contributed by atoms with van der Waals surface area (Å²) in [6.07, 6.45) is 4.38. The van der Waals surface area contributed by atoms with E-state index in [1.54, 1.807) is 27.6 Å². The van der Waals surface area contributed by atoms with E-state index < -0.39 is 23.5 Å². The second-order valence-electron chi connectivity index (χ2n) is 21.0. The highest BCUT2D eigenvalue weighted by molar-refractivity contribution is 7.15. The summed E-state index contributed by atoms with van der Waals surface area (Å²) in [5.41, 5.74) is 8.76.